The Bertz CT molecular complexity index is 863. The Morgan fingerprint density at radius 1 is 1.13 bits per heavy atom. The van der Waals surface area contributed by atoms with Gasteiger partial charge in [0.15, 0.2) is 0 Å². The van der Waals surface area contributed by atoms with Gasteiger partial charge in [-0.2, -0.15) is 13.2 Å². The molecule has 1 aliphatic heterocycles. The maximum atomic E-state index is 13.7. The van der Waals surface area contributed by atoms with Gasteiger partial charge in [-0.25, -0.2) is 0 Å². The van der Waals surface area contributed by atoms with E-state index in [2.05, 4.69) is 12.2 Å². The van der Waals surface area contributed by atoms with Crippen molar-refractivity contribution in [2.75, 3.05) is 55.0 Å². The summed E-state index contributed by atoms with van der Waals surface area (Å²) in [7, 11) is 1.95. The molecule has 0 aromatic heterocycles. The molecule has 0 bridgehead atoms. The molecule has 1 heterocycles. The maximum Gasteiger partial charge on any atom is 0.418 e. The monoisotopic (exact) mass is 421 g/mol. The average molecular weight is 421 g/mol. The lowest BCUT2D eigenvalue weighted by atomic mass is 10.1. The van der Waals surface area contributed by atoms with Crippen molar-refractivity contribution in [2.45, 2.75) is 19.5 Å². The number of benzene rings is 2. The van der Waals surface area contributed by atoms with Gasteiger partial charge in [0.05, 0.1) is 24.5 Å². The van der Waals surface area contributed by atoms with E-state index in [0.29, 0.717) is 37.6 Å². The Labute approximate surface area is 174 Å². The zero-order chi connectivity index (χ0) is 21.7. The molecule has 2 aromatic carbocycles. The second-order valence-corrected chi connectivity index (χ2v) is 7.25. The molecule has 0 saturated carbocycles. The van der Waals surface area contributed by atoms with E-state index >= 15 is 0 Å². The fourth-order valence-corrected chi connectivity index (χ4v) is 3.42. The van der Waals surface area contributed by atoms with Crippen molar-refractivity contribution in [3.8, 4) is 0 Å². The maximum absolute atomic E-state index is 13.7. The van der Waals surface area contributed by atoms with E-state index < -0.39 is 17.6 Å². The highest BCUT2D eigenvalue weighted by molar-refractivity contribution is 6.05. The third-order valence-electron chi connectivity index (χ3n) is 5.06. The average Bonchev–Trinajstić information content (AvgIpc) is 2.74. The molecule has 30 heavy (non-hydrogen) atoms. The molecule has 8 heteroatoms. The van der Waals surface area contributed by atoms with E-state index in [1.807, 2.05) is 16.8 Å². The number of amides is 1. The summed E-state index contributed by atoms with van der Waals surface area (Å²) >= 11 is 0. The summed E-state index contributed by atoms with van der Waals surface area (Å²) in [6, 6.07) is 10.8. The van der Waals surface area contributed by atoms with Gasteiger partial charge in [0.1, 0.15) is 0 Å². The van der Waals surface area contributed by atoms with Crippen molar-refractivity contribution in [3.05, 3.63) is 53.6 Å². The Kier molecular flexibility index (Phi) is 6.87. The Balaban J connectivity index is 1.80. The third kappa shape index (κ3) is 5.24. The molecule has 1 N–H and O–H groups in total. The number of nitrogens with zero attached hydrogens (tertiary/aromatic N) is 2. The first-order chi connectivity index (χ1) is 14.3. The lowest BCUT2D eigenvalue weighted by molar-refractivity contribution is -0.136. The molecule has 0 radical (unpaired) electrons. The minimum Gasteiger partial charge on any atom is -0.378 e. The number of alkyl halides is 3. The van der Waals surface area contributed by atoms with Gasteiger partial charge in [-0.1, -0.05) is 6.92 Å². The summed E-state index contributed by atoms with van der Waals surface area (Å²) in [4.78, 5) is 16.5. The van der Waals surface area contributed by atoms with Gasteiger partial charge < -0.3 is 19.9 Å². The minimum atomic E-state index is -4.59. The van der Waals surface area contributed by atoms with Crippen LogP contribution >= 0.6 is 0 Å². The predicted molar refractivity (Wildman–Crippen MR) is 112 cm³/mol. The third-order valence-corrected chi connectivity index (χ3v) is 5.06. The van der Waals surface area contributed by atoms with Crippen LogP contribution in [0.5, 0.6) is 0 Å². The van der Waals surface area contributed by atoms with E-state index in [1.54, 1.807) is 30.3 Å². The quantitative estimate of drug-likeness (QED) is 0.738. The Morgan fingerprint density at radius 2 is 1.80 bits per heavy atom. The molecule has 0 aliphatic carbocycles. The number of rotatable bonds is 6. The van der Waals surface area contributed by atoms with E-state index in [-0.39, 0.29) is 5.69 Å². The standard InChI is InChI=1S/C22H26F3N3O2/c1-3-10-27(2)17-6-4-16(5-7-17)21(29)26-20-9-8-18(15-19(20)22(23,24)25)28-11-13-30-14-12-28/h4-9,15H,3,10-14H2,1-2H3,(H,26,29). The number of halogens is 3. The van der Waals surface area contributed by atoms with Crippen LogP contribution in [0.15, 0.2) is 42.5 Å². The van der Waals surface area contributed by atoms with Gasteiger partial charge in [0.25, 0.3) is 5.91 Å². The van der Waals surface area contributed by atoms with Crippen LogP contribution in [0.4, 0.5) is 30.2 Å². The molecular weight excluding hydrogens is 395 g/mol. The largest absolute Gasteiger partial charge is 0.418 e. The van der Waals surface area contributed by atoms with Crippen molar-refractivity contribution < 1.29 is 22.7 Å². The molecule has 0 spiro atoms. The Morgan fingerprint density at radius 3 is 2.40 bits per heavy atom. The summed E-state index contributed by atoms with van der Waals surface area (Å²) in [5.41, 5.74) is 0.594. The molecule has 5 nitrogen and oxygen atoms in total. The first-order valence-electron chi connectivity index (χ1n) is 9.96. The molecule has 0 atom stereocenters. The highest BCUT2D eigenvalue weighted by Gasteiger charge is 2.35. The van der Waals surface area contributed by atoms with Gasteiger partial charge in [-0.05, 0) is 48.9 Å². The molecule has 1 fully saturated rings. The highest BCUT2D eigenvalue weighted by Crippen LogP contribution is 2.37. The number of hydrogen-bond acceptors (Lipinski definition) is 4. The number of carbonyl (C=O) groups excluding carboxylic acids is 1. The van der Waals surface area contributed by atoms with Crippen LogP contribution in [0.25, 0.3) is 0 Å². The molecule has 1 aliphatic rings. The zero-order valence-electron chi connectivity index (χ0n) is 17.1. The molecule has 3 rings (SSSR count). The second kappa shape index (κ2) is 9.38. The van der Waals surface area contributed by atoms with Crippen LogP contribution < -0.4 is 15.1 Å². The van der Waals surface area contributed by atoms with E-state index in [0.717, 1.165) is 24.7 Å². The molecule has 2 aromatic rings. The zero-order valence-corrected chi connectivity index (χ0v) is 17.1. The lowest BCUT2D eigenvalue weighted by Gasteiger charge is -2.29. The van der Waals surface area contributed by atoms with E-state index in [1.165, 1.54) is 6.07 Å². The predicted octanol–water partition coefficient (Wildman–Crippen LogP) is 4.64. The van der Waals surface area contributed by atoms with E-state index in [4.69, 9.17) is 4.74 Å². The summed E-state index contributed by atoms with van der Waals surface area (Å²) in [6.45, 7) is 4.95. The summed E-state index contributed by atoms with van der Waals surface area (Å²) in [5, 5.41) is 2.42. The fraction of sp³-hybridized carbons (Fsp3) is 0.409. The van der Waals surface area contributed by atoms with Crippen LogP contribution in [0.1, 0.15) is 29.3 Å². The first-order valence-corrected chi connectivity index (χ1v) is 9.96. The number of carbonyl (C=O) groups is 1. The summed E-state index contributed by atoms with van der Waals surface area (Å²) < 4.78 is 46.2. The lowest BCUT2D eigenvalue weighted by Crippen LogP contribution is -2.36. The van der Waals surface area contributed by atoms with Gasteiger partial charge in [0, 0.05) is 43.6 Å². The van der Waals surface area contributed by atoms with Gasteiger partial charge in [-0.15, -0.1) is 0 Å². The van der Waals surface area contributed by atoms with Crippen molar-refractivity contribution in [2.24, 2.45) is 0 Å². The van der Waals surface area contributed by atoms with Crippen molar-refractivity contribution >= 4 is 23.0 Å². The fourth-order valence-electron chi connectivity index (χ4n) is 3.42. The second-order valence-electron chi connectivity index (χ2n) is 7.25. The van der Waals surface area contributed by atoms with Gasteiger partial charge >= 0.3 is 6.18 Å². The molecule has 0 unspecified atom stereocenters. The van der Waals surface area contributed by atoms with Crippen LogP contribution in [-0.2, 0) is 10.9 Å². The number of nitrogens with one attached hydrogen (secondary N) is 1. The topological polar surface area (TPSA) is 44.8 Å². The number of anilines is 3. The highest BCUT2D eigenvalue weighted by atomic mass is 19.4. The van der Waals surface area contributed by atoms with Crippen LogP contribution in [-0.4, -0.2) is 45.8 Å². The minimum absolute atomic E-state index is 0.253. The SMILES string of the molecule is CCCN(C)c1ccc(C(=O)Nc2ccc(N3CCOCC3)cc2C(F)(F)F)cc1. The Hall–Kier alpha value is -2.74. The molecule has 162 valence electrons. The van der Waals surface area contributed by atoms with E-state index in [9.17, 15) is 18.0 Å². The van der Waals surface area contributed by atoms with Gasteiger partial charge in [0.2, 0.25) is 0 Å². The van der Waals surface area contributed by atoms with Crippen LogP contribution in [0.3, 0.4) is 0 Å². The summed E-state index contributed by atoms with van der Waals surface area (Å²) in [5.74, 6) is -0.579. The number of hydrogen-bond donors (Lipinski definition) is 1. The normalized spacial score (nSPS) is 14.5. The van der Waals surface area contributed by atoms with Crippen molar-refractivity contribution in [1.82, 2.24) is 0 Å². The number of ether oxygens (including phenoxy) is 1. The van der Waals surface area contributed by atoms with Crippen molar-refractivity contribution in [1.29, 1.82) is 0 Å². The molecular formula is C22H26F3N3O2. The smallest absolute Gasteiger partial charge is 0.378 e. The van der Waals surface area contributed by atoms with Gasteiger partial charge in [-0.3, -0.25) is 4.79 Å². The van der Waals surface area contributed by atoms with Crippen LogP contribution in [0.2, 0.25) is 0 Å². The summed E-state index contributed by atoms with van der Waals surface area (Å²) in [6.07, 6.45) is -3.60. The van der Waals surface area contributed by atoms with Crippen molar-refractivity contribution in [3.63, 3.8) is 0 Å². The van der Waals surface area contributed by atoms with Crippen LogP contribution in [0, 0.1) is 0 Å². The first kappa shape index (κ1) is 22.0. The molecule has 1 saturated heterocycles. The molecule has 1 amide bonds. The number of morpholine rings is 1.